The predicted molar refractivity (Wildman–Crippen MR) is 54.2 cm³/mol. The highest BCUT2D eigenvalue weighted by molar-refractivity contribution is 5.89. The fraction of sp³-hybridized carbons (Fsp3) is 0.636. The van der Waals surface area contributed by atoms with E-state index in [0.29, 0.717) is 6.42 Å². The second-order valence-corrected chi connectivity index (χ2v) is 4.26. The van der Waals surface area contributed by atoms with Gasteiger partial charge in [0.05, 0.1) is 11.8 Å². The second kappa shape index (κ2) is 4.04. The van der Waals surface area contributed by atoms with E-state index in [1.165, 1.54) is 0 Å². The van der Waals surface area contributed by atoms with E-state index in [-0.39, 0.29) is 17.9 Å². The maximum atomic E-state index is 11.6. The maximum Gasteiger partial charge on any atom is 0.307 e. The topological polar surface area (TPSA) is 66.4 Å². The van der Waals surface area contributed by atoms with Gasteiger partial charge in [0.25, 0.3) is 0 Å². The number of carboxylic acids is 1. The summed E-state index contributed by atoms with van der Waals surface area (Å²) in [6, 6.07) is 0.112. The molecule has 0 spiro atoms. The highest BCUT2D eigenvalue weighted by Crippen LogP contribution is 2.38. The van der Waals surface area contributed by atoms with Crippen LogP contribution >= 0.6 is 0 Å². The Balaban J connectivity index is 1.80. The number of aliphatic carboxylic acids is 1. The van der Waals surface area contributed by atoms with Crippen LogP contribution in [0.4, 0.5) is 0 Å². The minimum Gasteiger partial charge on any atom is -0.481 e. The lowest BCUT2D eigenvalue weighted by Crippen LogP contribution is -2.36. The molecule has 1 saturated carbocycles. The Kier molecular flexibility index (Phi) is 2.75. The lowest BCUT2D eigenvalue weighted by atomic mass is 10.0. The van der Waals surface area contributed by atoms with E-state index >= 15 is 0 Å². The molecule has 0 heterocycles. The van der Waals surface area contributed by atoms with Crippen molar-refractivity contribution in [2.24, 2.45) is 11.8 Å². The lowest BCUT2D eigenvalue weighted by Gasteiger charge is -2.17. The average Bonchev–Trinajstić information content (AvgIpc) is 2.98. The normalized spacial score (nSPS) is 33.5. The molecule has 2 aliphatic carbocycles. The quantitative estimate of drug-likeness (QED) is 0.679. The first-order valence-corrected chi connectivity index (χ1v) is 5.38. The molecule has 0 aromatic heterocycles. The molecular formula is C11H15NO3. The highest BCUT2D eigenvalue weighted by atomic mass is 16.4. The fourth-order valence-corrected chi connectivity index (χ4v) is 1.98. The van der Waals surface area contributed by atoms with Crippen molar-refractivity contribution >= 4 is 11.9 Å². The predicted octanol–water partition coefficient (Wildman–Crippen LogP) is 0.932. The molecule has 2 rings (SSSR count). The van der Waals surface area contributed by atoms with Gasteiger partial charge in [-0.05, 0) is 25.7 Å². The van der Waals surface area contributed by atoms with Gasteiger partial charge in [-0.25, -0.2) is 0 Å². The molecule has 4 nitrogen and oxygen atoms in total. The summed E-state index contributed by atoms with van der Waals surface area (Å²) >= 11 is 0. The van der Waals surface area contributed by atoms with Crippen LogP contribution in [0.5, 0.6) is 0 Å². The summed E-state index contributed by atoms with van der Waals surface area (Å²) in [5.74, 6) is -1.69. The van der Waals surface area contributed by atoms with Crippen molar-refractivity contribution in [3.05, 3.63) is 12.2 Å². The summed E-state index contributed by atoms with van der Waals surface area (Å²) in [4.78, 5) is 22.2. The average molecular weight is 209 g/mol. The van der Waals surface area contributed by atoms with Crippen molar-refractivity contribution in [2.45, 2.75) is 31.7 Å². The highest BCUT2D eigenvalue weighted by Gasteiger charge is 2.48. The number of hydrogen-bond acceptors (Lipinski definition) is 2. The van der Waals surface area contributed by atoms with Crippen molar-refractivity contribution in [1.82, 2.24) is 5.32 Å². The van der Waals surface area contributed by atoms with Gasteiger partial charge in [0, 0.05) is 6.04 Å². The number of rotatable bonds is 3. The van der Waals surface area contributed by atoms with Crippen LogP contribution in [0.15, 0.2) is 12.2 Å². The molecule has 1 amide bonds. The summed E-state index contributed by atoms with van der Waals surface area (Å²) in [6.45, 7) is 0. The molecule has 2 aliphatic rings. The Labute approximate surface area is 88.4 Å². The summed E-state index contributed by atoms with van der Waals surface area (Å²) < 4.78 is 0. The van der Waals surface area contributed by atoms with Crippen molar-refractivity contribution in [3.63, 3.8) is 0 Å². The van der Waals surface area contributed by atoms with Gasteiger partial charge < -0.3 is 10.4 Å². The van der Waals surface area contributed by atoms with E-state index in [9.17, 15) is 9.59 Å². The van der Waals surface area contributed by atoms with Crippen molar-refractivity contribution in [3.8, 4) is 0 Å². The first-order chi connectivity index (χ1) is 7.18. The number of hydrogen-bond donors (Lipinski definition) is 2. The number of amides is 1. The molecule has 4 heteroatoms. The molecular weight excluding hydrogens is 194 g/mol. The Morgan fingerprint density at radius 2 is 2.13 bits per heavy atom. The fourth-order valence-electron chi connectivity index (χ4n) is 1.98. The van der Waals surface area contributed by atoms with Gasteiger partial charge >= 0.3 is 5.97 Å². The summed E-state index contributed by atoms with van der Waals surface area (Å²) in [6.07, 6.45) is 7.70. The van der Waals surface area contributed by atoms with E-state index in [0.717, 1.165) is 19.3 Å². The second-order valence-electron chi connectivity index (χ2n) is 4.26. The standard InChI is InChI=1S/C11H15NO3/c13-10(8-6-9(8)11(14)15)12-7-4-2-1-3-5-7/h2,4,7-9H,1,3,5-6H2,(H,12,13)(H,14,15). The van der Waals surface area contributed by atoms with Gasteiger partial charge in [0.15, 0.2) is 0 Å². The maximum absolute atomic E-state index is 11.6. The molecule has 0 bridgehead atoms. The van der Waals surface area contributed by atoms with Crippen LogP contribution in [0.2, 0.25) is 0 Å². The van der Waals surface area contributed by atoms with E-state index < -0.39 is 11.9 Å². The van der Waals surface area contributed by atoms with Crippen molar-refractivity contribution < 1.29 is 14.7 Å². The molecule has 3 atom stereocenters. The largest absolute Gasteiger partial charge is 0.481 e. The third kappa shape index (κ3) is 2.37. The molecule has 0 radical (unpaired) electrons. The van der Waals surface area contributed by atoms with E-state index in [4.69, 9.17) is 5.11 Å². The number of carboxylic acid groups (broad SMARTS) is 1. The van der Waals surface area contributed by atoms with Gasteiger partial charge in [-0.1, -0.05) is 12.2 Å². The lowest BCUT2D eigenvalue weighted by molar-refractivity contribution is -0.140. The molecule has 0 aromatic carbocycles. The first-order valence-electron chi connectivity index (χ1n) is 5.38. The Morgan fingerprint density at radius 3 is 2.67 bits per heavy atom. The van der Waals surface area contributed by atoms with Crippen molar-refractivity contribution in [1.29, 1.82) is 0 Å². The van der Waals surface area contributed by atoms with Gasteiger partial charge in [-0.3, -0.25) is 9.59 Å². The van der Waals surface area contributed by atoms with Gasteiger partial charge in [0.2, 0.25) is 5.91 Å². The SMILES string of the molecule is O=C(O)C1CC1C(=O)NC1C=CCCC1. The van der Waals surface area contributed by atoms with E-state index in [2.05, 4.69) is 11.4 Å². The van der Waals surface area contributed by atoms with E-state index in [1.807, 2.05) is 6.08 Å². The smallest absolute Gasteiger partial charge is 0.307 e. The Hall–Kier alpha value is -1.32. The minimum absolute atomic E-state index is 0.0982. The minimum atomic E-state index is -0.852. The molecule has 0 aromatic rings. The van der Waals surface area contributed by atoms with Crippen LogP contribution in [-0.4, -0.2) is 23.0 Å². The van der Waals surface area contributed by atoms with E-state index in [1.54, 1.807) is 0 Å². The molecule has 2 N–H and O–H groups in total. The van der Waals surface area contributed by atoms with Crippen LogP contribution < -0.4 is 5.32 Å². The summed E-state index contributed by atoms with van der Waals surface area (Å²) in [7, 11) is 0. The number of allylic oxidation sites excluding steroid dienone is 1. The van der Waals surface area contributed by atoms with Gasteiger partial charge in [0.1, 0.15) is 0 Å². The molecule has 0 aliphatic heterocycles. The molecule has 15 heavy (non-hydrogen) atoms. The van der Waals surface area contributed by atoms with Crippen LogP contribution in [0.25, 0.3) is 0 Å². The summed E-state index contributed by atoms with van der Waals surface area (Å²) in [5, 5.41) is 11.6. The monoisotopic (exact) mass is 209 g/mol. The van der Waals surface area contributed by atoms with Crippen LogP contribution in [0.3, 0.4) is 0 Å². The third-order valence-corrected chi connectivity index (χ3v) is 3.03. The third-order valence-electron chi connectivity index (χ3n) is 3.03. The zero-order valence-corrected chi connectivity index (χ0v) is 8.48. The molecule has 82 valence electrons. The Bertz CT molecular complexity index is 311. The number of carbonyl (C=O) groups excluding carboxylic acids is 1. The van der Waals surface area contributed by atoms with Crippen LogP contribution in [-0.2, 0) is 9.59 Å². The Morgan fingerprint density at radius 1 is 1.33 bits per heavy atom. The van der Waals surface area contributed by atoms with Gasteiger partial charge in [-0.15, -0.1) is 0 Å². The summed E-state index contributed by atoms with van der Waals surface area (Å²) in [5.41, 5.74) is 0. The number of carbonyl (C=O) groups is 2. The molecule has 0 saturated heterocycles. The zero-order valence-electron chi connectivity index (χ0n) is 8.48. The van der Waals surface area contributed by atoms with Crippen molar-refractivity contribution in [2.75, 3.05) is 0 Å². The van der Waals surface area contributed by atoms with Crippen LogP contribution in [0, 0.1) is 11.8 Å². The molecule has 3 unspecified atom stereocenters. The number of nitrogens with one attached hydrogen (secondary N) is 1. The van der Waals surface area contributed by atoms with Gasteiger partial charge in [-0.2, -0.15) is 0 Å². The first kappa shape index (κ1) is 10.2. The molecule has 1 fully saturated rings. The van der Waals surface area contributed by atoms with Crippen LogP contribution in [0.1, 0.15) is 25.7 Å². The zero-order chi connectivity index (χ0) is 10.8.